The predicted molar refractivity (Wildman–Crippen MR) is 164 cm³/mol. The minimum absolute atomic E-state index is 0.109. The second kappa shape index (κ2) is 31.4. The standard InChI is InChI=1S/C34H66O5/c1-3-5-7-9-11-12-13-14-15-16-17-18-19-20-21-23-25-27-29-34(37)39-31-32(35)30-38-33(36)28-26-24-22-10-8-6-4-2/h32,35H,3-31H2,1-2H3/t32-/m1/s1. The number of rotatable bonds is 31. The summed E-state index contributed by atoms with van der Waals surface area (Å²) in [6.07, 6.45) is 31.7. The fourth-order valence-electron chi connectivity index (χ4n) is 4.97. The van der Waals surface area contributed by atoms with Crippen molar-refractivity contribution in [3.05, 3.63) is 0 Å². The summed E-state index contributed by atoms with van der Waals surface area (Å²) in [4.78, 5) is 23.7. The van der Waals surface area contributed by atoms with Gasteiger partial charge in [-0.25, -0.2) is 0 Å². The van der Waals surface area contributed by atoms with Crippen molar-refractivity contribution in [1.29, 1.82) is 0 Å². The number of hydrogen-bond donors (Lipinski definition) is 1. The minimum Gasteiger partial charge on any atom is -0.463 e. The maximum Gasteiger partial charge on any atom is 0.305 e. The van der Waals surface area contributed by atoms with Gasteiger partial charge in [0.05, 0.1) is 0 Å². The summed E-state index contributed by atoms with van der Waals surface area (Å²) in [5, 5.41) is 9.91. The Bertz CT molecular complexity index is 522. The third-order valence-electron chi connectivity index (χ3n) is 7.59. The van der Waals surface area contributed by atoms with E-state index in [1.165, 1.54) is 128 Å². The molecule has 0 aromatic rings. The van der Waals surface area contributed by atoms with E-state index >= 15 is 0 Å². The molecule has 0 saturated carbocycles. The first-order chi connectivity index (χ1) is 19.1. The maximum atomic E-state index is 11.9. The lowest BCUT2D eigenvalue weighted by atomic mass is 10.0. The largest absolute Gasteiger partial charge is 0.463 e. The van der Waals surface area contributed by atoms with Crippen molar-refractivity contribution in [1.82, 2.24) is 0 Å². The summed E-state index contributed by atoms with van der Waals surface area (Å²) in [6, 6.07) is 0. The SMILES string of the molecule is CCCCCCCCCCCCCCCCCCCCC(=O)OC[C@H](O)COC(=O)CCCCCCCCC. The van der Waals surface area contributed by atoms with Crippen LogP contribution in [0.3, 0.4) is 0 Å². The average Bonchev–Trinajstić information content (AvgIpc) is 2.93. The Labute approximate surface area is 242 Å². The highest BCUT2D eigenvalue weighted by Crippen LogP contribution is 2.15. The maximum absolute atomic E-state index is 11.9. The van der Waals surface area contributed by atoms with Crippen molar-refractivity contribution < 1.29 is 24.2 Å². The quantitative estimate of drug-likeness (QED) is 0.0681. The van der Waals surface area contributed by atoms with Crippen LogP contribution in [0.5, 0.6) is 0 Å². The zero-order chi connectivity index (χ0) is 28.7. The Morgan fingerprint density at radius 3 is 0.923 bits per heavy atom. The molecule has 0 saturated heterocycles. The Kier molecular flexibility index (Phi) is 30.5. The van der Waals surface area contributed by atoms with Gasteiger partial charge in [0.1, 0.15) is 19.3 Å². The van der Waals surface area contributed by atoms with Gasteiger partial charge in [0.2, 0.25) is 0 Å². The minimum atomic E-state index is -0.952. The van der Waals surface area contributed by atoms with Crippen LogP contribution in [0, 0.1) is 0 Å². The van der Waals surface area contributed by atoms with E-state index in [-0.39, 0.29) is 25.2 Å². The highest BCUT2D eigenvalue weighted by molar-refractivity contribution is 5.69. The summed E-state index contributed by atoms with van der Waals surface area (Å²) in [5.41, 5.74) is 0. The van der Waals surface area contributed by atoms with Crippen LogP contribution in [0.15, 0.2) is 0 Å². The second-order valence-electron chi connectivity index (χ2n) is 11.7. The number of ether oxygens (including phenoxy) is 2. The van der Waals surface area contributed by atoms with Crippen LogP contribution in [-0.4, -0.2) is 36.4 Å². The van der Waals surface area contributed by atoms with Crippen LogP contribution in [0.1, 0.15) is 187 Å². The van der Waals surface area contributed by atoms with Crippen molar-refractivity contribution >= 4 is 11.9 Å². The van der Waals surface area contributed by atoms with Crippen molar-refractivity contribution in [2.45, 2.75) is 193 Å². The molecule has 0 spiro atoms. The van der Waals surface area contributed by atoms with E-state index in [0.717, 1.165) is 32.1 Å². The molecule has 0 rings (SSSR count). The predicted octanol–water partition coefficient (Wildman–Crippen LogP) is 10.0. The van der Waals surface area contributed by atoms with Gasteiger partial charge >= 0.3 is 11.9 Å². The van der Waals surface area contributed by atoms with Gasteiger partial charge in [-0.15, -0.1) is 0 Å². The van der Waals surface area contributed by atoms with E-state index in [1.54, 1.807) is 0 Å². The molecule has 0 aliphatic heterocycles. The van der Waals surface area contributed by atoms with Gasteiger partial charge in [-0.2, -0.15) is 0 Å². The summed E-state index contributed by atoms with van der Waals surface area (Å²) in [7, 11) is 0. The Balaban J connectivity index is 3.35. The van der Waals surface area contributed by atoms with E-state index in [2.05, 4.69) is 13.8 Å². The first kappa shape index (κ1) is 37.9. The molecular weight excluding hydrogens is 488 g/mol. The molecule has 5 nitrogen and oxygen atoms in total. The van der Waals surface area contributed by atoms with E-state index in [0.29, 0.717) is 12.8 Å². The Hall–Kier alpha value is -1.10. The highest BCUT2D eigenvalue weighted by atomic mass is 16.6. The zero-order valence-corrected chi connectivity index (χ0v) is 26.2. The van der Waals surface area contributed by atoms with Gasteiger partial charge in [-0.05, 0) is 12.8 Å². The fourth-order valence-corrected chi connectivity index (χ4v) is 4.97. The molecule has 0 aliphatic carbocycles. The van der Waals surface area contributed by atoms with Gasteiger partial charge in [0.25, 0.3) is 0 Å². The summed E-state index contributed by atoms with van der Waals surface area (Å²) in [6.45, 7) is 4.26. The number of esters is 2. The third kappa shape index (κ3) is 31.3. The highest BCUT2D eigenvalue weighted by Gasteiger charge is 2.12. The molecule has 39 heavy (non-hydrogen) atoms. The van der Waals surface area contributed by atoms with Crippen LogP contribution in [0.25, 0.3) is 0 Å². The number of carbonyl (C=O) groups is 2. The van der Waals surface area contributed by atoms with Crippen LogP contribution < -0.4 is 0 Å². The van der Waals surface area contributed by atoms with Crippen LogP contribution >= 0.6 is 0 Å². The van der Waals surface area contributed by atoms with Crippen molar-refractivity contribution in [3.63, 3.8) is 0 Å². The van der Waals surface area contributed by atoms with Crippen molar-refractivity contribution in [2.24, 2.45) is 0 Å². The molecule has 1 atom stereocenters. The molecule has 1 N–H and O–H groups in total. The van der Waals surface area contributed by atoms with Crippen LogP contribution in [0.4, 0.5) is 0 Å². The average molecular weight is 555 g/mol. The summed E-state index contributed by atoms with van der Waals surface area (Å²) < 4.78 is 10.2. The lowest BCUT2D eigenvalue weighted by Gasteiger charge is -2.12. The molecule has 0 amide bonds. The van der Waals surface area contributed by atoms with Crippen molar-refractivity contribution in [2.75, 3.05) is 13.2 Å². The lowest BCUT2D eigenvalue weighted by molar-refractivity contribution is -0.152. The summed E-state index contributed by atoms with van der Waals surface area (Å²) in [5.74, 6) is -0.562. The molecule has 0 unspecified atom stereocenters. The lowest BCUT2D eigenvalue weighted by Crippen LogP contribution is -2.25. The Morgan fingerprint density at radius 2 is 0.667 bits per heavy atom. The number of hydrogen-bond acceptors (Lipinski definition) is 5. The van der Waals surface area contributed by atoms with E-state index in [9.17, 15) is 14.7 Å². The van der Waals surface area contributed by atoms with Crippen LogP contribution in [-0.2, 0) is 19.1 Å². The monoisotopic (exact) mass is 554 g/mol. The molecule has 0 radical (unpaired) electrons. The molecule has 0 fully saturated rings. The molecule has 0 heterocycles. The number of carbonyl (C=O) groups excluding carboxylic acids is 2. The van der Waals surface area contributed by atoms with Gasteiger partial charge < -0.3 is 14.6 Å². The molecule has 232 valence electrons. The Morgan fingerprint density at radius 1 is 0.436 bits per heavy atom. The summed E-state index contributed by atoms with van der Waals surface area (Å²) >= 11 is 0. The molecule has 0 aliphatic rings. The molecule has 0 aromatic heterocycles. The van der Waals surface area contributed by atoms with E-state index in [1.807, 2.05) is 0 Å². The smallest absolute Gasteiger partial charge is 0.305 e. The van der Waals surface area contributed by atoms with E-state index < -0.39 is 6.10 Å². The topological polar surface area (TPSA) is 72.8 Å². The first-order valence-corrected chi connectivity index (χ1v) is 17.1. The fraction of sp³-hybridized carbons (Fsp3) is 0.941. The molecule has 5 heteroatoms. The number of unbranched alkanes of at least 4 members (excludes halogenated alkanes) is 23. The zero-order valence-electron chi connectivity index (χ0n) is 26.2. The van der Waals surface area contributed by atoms with Crippen LogP contribution in [0.2, 0.25) is 0 Å². The number of aliphatic hydroxyl groups excluding tert-OH is 1. The van der Waals surface area contributed by atoms with Gasteiger partial charge in [0.15, 0.2) is 0 Å². The second-order valence-corrected chi connectivity index (χ2v) is 11.7. The third-order valence-corrected chi connectivity index (χ3v) is 7.59. The molecule has 0 bridgehead atoms. The number of aliphatic hydroxyl groups is 1. The molecular formula is C34H66O5. The van der Waals surface area contributed by atoms with E-state index in [4.69, 9.17) is 9.47 Å². The van der Waals surface area contributed by atoms with Crippen molar-refractivity contribution in [3.8, 4) is 0 Å². The molecule has 0 aromatic carbocycles. The van der Waals surface area contributed by atoms with Gasteiger partial charge in [-0.1, -0.05) is 162 Å². The van der Waals surface area contributed by atoms with Gasteiger partial charge in [0, 0.05) is 12.8 Å². The van der Waals surface area contributed by atoms with Gasteiger partial charge in [-0.3, -0.25) is 9.59 Å². The normalized spacial score (nSPS) is 12.0. The first-order valence-electron chi connectivity index (χ1n) is 17.1.